The summed E-state index contributed by atoms with van der Waals surface area (Å²) >= 11 is 0. The molecule has 1 rings (SSSR count). The average Bonchev–Trinajstić information content (AvgIpc) is 2.99. The van der Waals surface area contributed by atoms with Gasteiger partial charge in [0.15, 0.2) is 0 Å². The quantitative estimate of drug-likeness (QED) is 0.641. The minimum Gasteiger partial charge on any atom is -0.352 e. The summed E-state index contributed by atoms with van der Waals surface area (Å²) in [6.07, 6.45) is 9.47. The molecule has 0 aromatic heterocycles. The van der Waals surface area contributed by atoms with E-state index < -0.39 is 0 Å². The van der Waals surface area contributed by atoms with Crippen molar-refractivity contribution in [3.63, 3.8) is 0 Å². The molecular formula is C12H20N2O. The van der Waals surface area contributed by atoms with Crippen molar-refractivity contribution in [2.45, 2.75) is 51.1 Å². The molecule has 2 unspecified atom stereocenters. The highest BCUT2D eigenvalue weighted by atomic mass is 16.1. The Balaban J connectivity index is 2.24. The zero-order chi connectivity index (χ0) is 11.3. The predicted molar refractivity (Wildman–Crippen MR) is 61.0 cm³/mol. The van der Waals surface area contributed by atoms with Crippen LogP contribution in [0.5, 0.6) is 0 Å². The lowest BCUT2D eigenvalue weighted by atomic mass is 10.1. The van der Waals surface area contributed by atoms with Gasteiger partial charge in [0.1, 0.15) is 0 Å². The fraction of sp³-hybridized carbons (Fsp3) is 0.750. The van der Waals surface area contributed by atoms with E-state index in [1.54, 1.807) is 0 Å². The standard InChI is InChI=1S/C12H20N2O/c1-3-5-10(4-2)14-12(15)8-11(13)9-6-7-9/h1,9-11H,4-8,13H2,2H3,(H,14,15). The van der Waals surface area contributed by atoms with E-state index in [0.29, 0.717) is 18.8 Å². The van der Waals surface area contributed by atoms with Crippen LogP contribution in [0.1, 0.15) is 39.0 Å². The number of carbonyl (C=O) groups excluding carboxylic acids is 1. The summed E-state index contributed by atoms with van der Waals surface area (Å²) in [6, 6.07) is 0.141. The number of hydrogen-bond donors (Lipinski definition) is 2. The number of rotatable bonds is 6. The smallest absolute Gasteiger partial charge is 0.221 e. The van der Waals surface area contributed by atoms with Gasteiger partial charge in [-0.15, -0.1) is 12.3 Å². The third-order valence-electron chi connectivity index (χ3n) is 2.87. The van der Waals surface area contributed by atoms with Crippen LogP contribution in [0.3, 0.4) is 0 Å². The van der Waals surface area contributed by atoms with Crippen molar-refractivity contribution in [2.24, 2.45) is 11.7 Å². The molecule has 0 aromatic carbocycles. The zero-order valence-electron chi connectivity index (χ0n) is 9.33. The van der Waals surface area contributed by atoms with Crippen LogP contribution in [0.2, 0.25) is 0 Å². The van der Waals surface area contributed by atoms with Gasteiger partial charge in [0.05, 0.1) is 0 Å². The molecule has 0 bridgehead atoms. The van der Waals surface area contributed by atoms with Gasteiger partial charge in [0.25, 0.3) is 0 Å². The van der Waals surface area contributed by atoms with Gasteiger partial charge >= 0.3 is 0 Å². The fourth-order valence-electron chi connectivity index (χ4n) is 1.63. The van der Waals surface area contributed by atoms with E-state index >= 15 is 0 Å². The number of carbonyl (C=O) groups is 1. The Labute approximate surface area is 91.8 Å². The first-order valence-electron chi connectivity index (χ1n) is 5.65. The first-order valence-corrected chi connectivity index (χ1v) is 5.65. The van der Waals surface area contributed by atoms with E-state index in [0.717, 1.165) is 6.42 Å². The molecule has 0 aromatic rings. The SMILES string of the molecule is C#CCC(CC)NC(=O)CC(N)C1CC1. The number of terminal acetylenes is 1. The summed E-state index contributed by atoms with van der Waals surface area (Å²) < 4.78 is 0. The van der Waals surface area contributed by atoms with Crippen molar-refractivity contribution in [2.75, 3.05) is 0 Å². The molecule has 1 fully saturated rings. The van der Waals surface area contributed by atoms with Crippen molar-refractivity contribution < 1.29 is 4.79 Å². The summed E-state index contributed by atoms with van der Waals surface area (Å²) in [5.74, 6) is 3.18. The molecule has 1 aliphatic carbocycles. The second-order valence-corrected chi connectivity index (χ2v) is 4.29. The number of hydrogen-bond acceptors (Lipinski definition) is 2. The first kappa shape index (κ1) is 12.1. The van der Waals surface area contributed by atoms with Crippen LogP contribution in [0.25, 0.3) is 0 Å². The summed E-state index contributed by atoms with van der Waals surface area (Å²) in [6.45, 7) is 2.02. The molecule has 15 heavy (non-hydrogen) atoms. The molecule has 1 amide bonds. The Hall–Kier alpha value is -1.01. The van der Waals surface area contributed by atoms with E-state index in [1.165, 1.54) is 12.8 Å². The molecule has 0 spiro atoms. The molecule has 0 radical (unpaired) electrons. The third-order valence-corrected chi connectivity index (χ3v) is 2.87. The normalized spacial score (nSPS) is 19.0. The van der Waals surface area contributed by atoms with Crippen molar-refractivity contribution in [1.29, 1.82) is 0 Å². The third kappa shape index (κ3) is 4.35. The van der Waals surface area contributed by atoms with Crippen LogP contribution in [0.15, 0.2) is 0 Å². The molecule has 0 heterocycles. The van der Waals surface area contributed by atoms with Crippen LogP contribution in [-0.2, 0) is 4.79 Å². The highest BCUT2D eigenvalue weighted by Crippen LogP contribution is 2.32. The van der Waals surface area contributed by atoms with Gasteiger partial charge in [-0.25, -0.2) is 0 Å². The number of nitrogens with two attached hydrogens (primary N) is 1. The van der Waals surface area contributed by atoms with Crippen LogP contribution in [-0.4, -0.2) is 18.0 Å². The van der Waals surface area contributed by atoms with Crippen LogP contribution in [0.4, 0.5) is 0 Å². The molecule has 3 nitrogen and oxygen atoms in total. The van der Waals surface area contributed by atoms with Gasteiger partial charge in [-0.05, 0) is 25.2 Å². The summed E-state index contributed by atoms with van der Waals surface area (Å²) in [5.41, 5.74) is 5.87. The Kier molecular flexibility index (Phi) is 4.64. The molecule has 0 aliphatic heterocycles. The second-order valence-electron chi connectivity index (χ2n) is 4.29. The first-order chi connectivity index (χ1) is 7.17. The Morgan fingerprint density at radius 1 is 1.67 bits per heavy atom. The van der Waals surface area contributed by atoms with Crippen LogP contribution in [0, 0.1) is 18.3 Å². The van der Waals surface area contributed by atoms with E-state index in [9.17, 15) is 4.79 Å². The lowest BCUT2D eigenvalue weighted by molar-refractivity contribution is -0.122. The lowest BCUT2D eigenvalue weighted by Gasteiger charge is -2.16. The Bertz CT molecular complexity index is 253. The molecule has 3 N–H and O–H groups in total. The predicted octanol–water partition coefficient (Wildman–Crippen LogP) is 1.03. The Morgan fingerprint density at radius 3 is 2.80 bits per heavy atom. The maximum absolute atomic E-state index is 11.6. The van der Waals surface area contributed by atoms with Crippen molar-refractivity contribution in [1.82, 2.24) is 5.32 Å². The summed E-state index contributed by atoms with van der Waals surface area (Å²) in [5, 5.41) is 2.92. The maximum atomic E-state index is 11.6. The minimum atomic E-state index is 0.0355. The van der Waals surface area contributed by atoms with E-state index in [4.69, 9.17) is 12.2 Å². The van der Waals surface area contributed by atoms with Gasteiger partial charge in [0.2, 0.25) is 5.91 Å². The number of amides is 1. The highest BCUT2D eigenvalue weighted by Gasteiger charge is 2.29. The molecular weight excluding hydrogens is 188 g/mol. The van der Waals surface area contributed by atoms with Crippen molar-refractivity contribution in [3.05, 3.63) is 0 Å². The van der Waals surface area contributed by atoms with Gasteiger partial charge in [-0.2, -0.15) is 0 Å². The van der Waals surface area contributed by atoms with Gasteiger partial charge in [-0.3, -0.25) is 4.79 Å². The number of nitrogens with one attached hydrogen (secondary N) is 1. The Morgan fingerprint density at radius 2 is 2.33 bits per heavy atom. The van der Waals surface area contributed by atoms with Gasteiger partial charge in [0, 0.05) is 24.9 Å². The lowest BCUT2D eigenvalue weighted by Crippen LogP contribution is -2.38. The summed E-state index contributed by atoms with van der Waals surface area (Å²) in [4.78, 5) is 11.6. The molecule has 0 saturated heterocycles. The molecule has 1 saturated carbocycles. The highest BCUT2D eigenvalue weighted by molar-refractivity contribution is 5.77. The zero-order valence-corrected chi connectivity index (χ0v) is 9.33. The van der Waals surface area contributed by atoms with E-state index in [-0.39, 0.29) is 18.0 Å². The maximum Gasteiger partial charge on any atom is 0.221 e. The summed E-state index contributed by atoms with van der Waals surface area (Å²) in [7, 11) is 0. The molecule has 1 aliphatic rings. The van der Waals surface area contributed by atoms with Gasteiger partial charge in [-0.1, -0.05) is 6.92 Å². The molecule has 3 heteroatoms. The topological polar surface area (TPSA) is 55.1 Å². The van der Waals surface area contributed by atoms with Crippen LogP contribution >= 0.6 is 0 Å². The largest absolute Gasteiger partial charge is 0.352 e. The van der Waals surface area contributed by atoms with Gasteiger partial charge < -0.3 is 11.1 Å². The second kappa shape index (κ2) is 5.77. The molecule has 2 atom stereocenters. The van der Waals surface area contributed by atoms with Crippen molar-refractivity contribution >= 4 is 5.91 Å². The minimum absolute atomic E-state index is 0.0355. The van der Waals surface area contributed by atoms with E-state index in [1.807, 2.05) is 6.92 Å². The van der Waals surface area contributed by atoms with E-state index in [2.05, 4.69) is 11.2 Å². The molecule has 84 valence electrons. The average molecular weight is 208 g/mol. The fourth-order valence-corrected chi connectivity index (χ4v) is 1.63. The van der Waals surface area contributed by atoms with Crippen LogP contribution < -0.4 is 11.1 Å². The van der Waals surface area contributed by atoms with Crippen molar-refractivity contribution in [3.8, 4) is 12.3 Å². The monoisotopic (exact) mass is 208 g/mol.